The molecule has 1 amide bonds. The summed E-state index contributed by atoms with van der Waals surface area (Å²) in [6.07, 6.45) is 1.46. The molecule has 0 fully saturated rings. The number of nitrogens with zero attached hydrogens (tertiary/aromatic N) is 1. The third-order valence-electron chi connectivity index (χ3n) is 2.46. The first-order chi connectivity index (χ1) is 9.47. The number of amides is 1. The number of halogens is 2. The zero-order valence-corrected chi connectivity index (χ0v) is 13.2. The van der Waals surface area contributed by atoms with Crippen LogP contribution in [0.5, 0.6) is 0 Å². The summed E-state index contributed by atoms with van der Waals surface area (Å²) in [4.78, 5) is 16.3. The van der Waals surface area contributed by atoms with Crippen LogP contribution in [0.3, 0.4) is 0 Å². The van der Waals surface area contributed by atoms with Crippen molar-refractivity contribution in [2.75, 3.05) is 5.32 Å². The van der Waals surface area contributed by atoms with Crippen molar-refractivity contribution in [2.24, 2.45) is 5.73 Å². The van der Waals surface area contributed by atoms with E-state index in [1.165, 1.54) is 6.20 Å². The molecule has 0 aliphatic carbocycles. The van der Waals surface area contributed by atoms with Gasteiger partial charge in [0.15, 0.2) is 0 Å². The second-order valence-corrected chi connectivity index (χ2v) is 5.58. The van der Waals surface area contributed by atoms with Gasteiger partial charge in [0.2, 0.25) is 0 Å². The molecule has 0 unspecified atom stereocenters. The second kappa shape index (κ2) is 6.30. The van der Waals surface area contributed by atoms with Crippen LogP contribution in [0, 0.1) is 0 Å². The van der Waals surface area contributed by atoms with E-state index in [1.807, 2.05) is 0 Å². The largest absolute Gasteiger partial charge is 0.389 e. The summed E-state index contributed by atoms with van der Waals surface area (Å²) >= 11 is 14.1. The molecule has 2 rings (SSSR count). The van der Waals surface area contributed by atoms with E-state index in [2.05, 4.69) is 26.2 Å². The molecule has 102 valence electrons. The minimum Gasteiger partial charge on any atom is -0.389 e. The predicted molar refractivity (Wildman–Crippen MR) is 87.2 cm³/mol. The quantitative estimate of drug-likeness (QED) is 0.813. The number of anilines is 1. The summed E-state index contributed by atoms with van der Waals surface area (Å²) in [5.41, 5.74) is 6.93. The number of pyridine rings is 1. The van der Waals surface area contributed by atoms with E-state index >= 15 is 0 Å². The van der Waals surface area contributed by atoms with Gasteiger partial charge in [0.05, 0.1) is 5.02 Å². The van der Waals surface area contributed by atoms with Gasteiger partial charge in [-0.05, 0) is 46.3 Å². The standard InChI is InChI=1S/C13H9BrClN3OS/c14-9-3-2-8(5-10(9)15)18-13(19)11-4-1-7(6-17-11)12(16)20/h1-6H,(H2,16,20)(H,18,19). The van der Waals surface area contributed by atoms with Gasteiger partial charge < -0.3 is 11.1 Å². The van der Waals surface area contributed by atoms with Crippen LogP contribution in [0.2, 0.25) is 5.02 Å². The molecule has 0 atom stereocenters. The molecule has 0 bridgehead atoms. The number of nitrogens with two attached hydrogens (primary N) is 1. The molecule has 1 aromatic carbocycles. The van der Waals surface area contributed by atoms with Gasteiger partial charge in [-0.3, -0.25) is 9.78 Å². The van der Waals surface area contributed by atoms with E-state index in [-0.39, 0.29) is 16.6 Å². The average molecular weight is 371 g/mol. The van der Waals surface area contributed by atoms with Crippen LogP contribution in [0.15, 0.2) is 41.0 Å². The van der Waals surface area contributed by atoms with Crippen molar-refractivity contribution in [2.45, 2.75) is 0 Å². The summed E-state index contributed by atoms with van der Waals surface area (Å²) in [6.45, 7) is 0. The maximum absolute atomic E-state index is 12.0. The van der Waals surface area contributed by atoms with E-state index < -0.39 is 0 Å². The van der Waals surface area contributed by atoms with Crippen molar-refractivity contribution in [1.82, 2.24) is 4.98 Å². The second-order valence-electron chi connectivity index (χ2n) is 3.88. The minimum atomic E-state index is -0.335. The zero-order valence-electron chi connectivity index (χ0n) is 10.1. The topological polar surface area (TPSA) is 68.0 Å². The number of hydrogen-bond donors (Lipinski definition) is 2. The van der Waals surface area contributed by atoms with Gasteiger partial charge in [-0.2, -0.15) is 0 Å². The molecular weight excluding hydrogens is 362 g/mol. The fraction of sp³-hybridized carbons (Fsp3) is 0. The molecule has 0 saturated carbocycles. The Morgan fingerprint density at radius 3 is 2.65 bits per heavy atom. The zero-order chi connectivity index (χ0) is 14.7. The highest BCUT2D eigenvalue weighted by Crippen LogP contribution is 2.25. The summed E-state index contributed by atoms with van der Waals surface area (Å²) < 4.78 is 0.760. The van der Waals surface area contributed by atoms with E-state index in [1.54, 1.807) is 30.3 Å². The fourth-order valence-electron chi connectivity index (χ4n) is 1.44. The maximum Gasteiger partial charge on any atom is 0.274 e. The van der Waals surface area contributed by atoms with Gasteiger partial charge >= 0.3 is 0 Å². The van der Waals surface area contributed by atoms with Crippen LogP contribution >= 0.6 is 39.7 Å². The van der Waals surface area contributed by atoms with Crippen LogP contribution in [-0.2, 0) is 0 Å². The van der Waals surface area contributed by atoms with Crippen LogP contribution in [0.1, 0.15) is 16.1 Å². The maximum atomic E-state index is 12.0. The summed E-state index contributed by atoms with van der Waals surface area (Å²) in [5, 5.41) is 3.22. The van der Waals surface area contributed by atoms with E-state index in [0.717, 1.165) is 4.47 Å². The summed E-state index contributed by atoms with van der Waals surface area (Å²) in [7, 11) is 0. The first-order valence-corrected chi connectivity index (χ1v) is 7.07. The molecule has 2 aromatic rings. The molecule has 0 aliphatic heterocycles. The Hall–Kier alpha value is -1.50. The van der Waals surface area contributed by atoms with Crippen molar-refractivity contribution < 1.29 is 4.79 Å². The molecule has 0 saturated heterocycles. The van der Waals surface area contributed by atoms with Gasteiger partial charge in [0.25, 0.3) is 5.91 Å². The Bertz CT molecular complexity index is 676. The van der Waals surface area contributed by atoms with E-state index in [9.17, 15) is 4.79 Å². The molecule has 3 N–H and O–H groups in total. The lowest BCUT2D eigenvalue weighted by atomic mass is 10.2. The molecule has 1 aromatic heterocycles. The number of benzene rings is 1. The summed E-state index contributed by atoms with van der Waals surface area (Å²) in [6, 6.07) is 8.34. The highest BCUT2D eigenvalue weighted by molar-refractivity contribution is 9.10. The van der Waals surface area contributed by atoms with E-state index in [0.29, 0.717) is 16.3 Å². The average Bonchev–Trinajstić information content (AvgIpc) is 2.43. The Kier molecular flexibility index (Phi) is 4.69. The van der Waals surface area contributed by atoms with Gasteiger partial charge in [0.1, 0.15) is 10.7 Å². The fourth-order valence-corrected chi connectivity index (χ4v) is 1.99. The van der Waals surface area contributed by atoms with Gasteiger partial charge in [0, 0.05) is 21.9 Å². The first kappa shape index (κ1) is 14.9. The molecule has 1 heterocycles. The van der Waals surface area contributed by atoms with Crippen molar-refractivity contribution in [3.8, 4) is 0 Å². The van der Waals surface area contributed by atoms with Crippen LogP contribution in [0.4, 0.5) is 5.69 Å². The van der Waals surface area contributed by atoms with Crippen LogP contribution in [0.25, 0.3) is 0 Å². The van der Waals surface area contributed by atoms with Gasteiger partial charge in [-0.1, -0.05) is 23.8 Å². The molecule has 0 spiro atoms. The number of carbonyl (C=O) groups excluding carboxylic acids is 1. The molecular formula is C13H9BrClN3OS. The molecule has 4 nitrogen and oxygen atoms in total. The Labute approximate surface area is 134 Å². The Morgan fingerprint density at radius 2 is 2.10 bits per heavy atom. The third-order valence-corrected chi connectivity index (χ3v) is 3.93. The Morgan fingerprint density at radius 1 is 1.35 bits per heavy atom. The monoisotopic (exact) mass is 369 g/mol. The summed E-state index contributed by atoms with van der Waals surface area (Å²) in [5.74, 6) is -0.335. The lowest BCUT2D eigenvalue weighted by Gasteiger charge is -2.06. The lowest BCUT2D eigenvalue weighted by Crippen LogP contribution is -2.15. The number of aromatic nitrogens is 1. The SMILES string of the molecule is NC(=S)c1ccc(C(=O)Nc2ccc(Br)c(Cl)c2)nc1. The van der Waals surface area contributed by atoms with Crippen molar-refractivity contribution >= 4 is 56.3 Å². The highest BCUT2D eigenvalue weighted by Gasteiger charge is 2.09. The smallest absolute Gasteiger partial charge is 0.274 e. The van der Waals surface area contributed by atoms with Crippen molar-refractivity contribution in [3.05, 3.63) is 57.3 Å². The van der Waals surface area contributed by atoms with Crippen molar-refractivity contribution in [3.63, 3.8) is 0 Å². The minimum absolute atomic E-state index is 0.240. The number of thiocarbonyl (C=S) groups is 1. The highest BCUT2D eigenvalue weighted by atomic mass is 79.9. The number of nitrogens with one attached hydrogen (secondary N) is 1. The van der Waals surface area contributed by atoms with E-state index in [4.69, 9.17) is 29.6 Å². The number of hydrogen-bond acceptors (Lipinski definition) is 3. The lowest BCUT2D eigenvalue weighted by molar-refractivity contribution is 0.102. The normalized spacial score (nSPS) is 10.1. The van der Waals surface area contributed by atoms with Crippen molar-refractivity contribution in [1.29, 1.82) is 0 Å². The van der Waals surface area contributed by atoms with Crippen LogP contribution in [-0.4, -0.2) is 15.9 Å². The molecule has 20 heavy (non-hydrogen) atoms. The Balaban J connectivity index is 2.15. The molecule has 0 radical (unpaired) electrons. The number of rotatable bonds is 3. The molecule has 0 aliphatic rings. The van der Waals surface area contributed by atoms with Crippen LogP contribution < -0.4 is 11.1 Å². The molecule has 7 heteroatoms. The number of carbonyl (C=O) groups is 1. The predicted octanol–water partition coefficient (Wildman–Crippen LogP) is 3.38. The van der Waals surface area contributed by atoms with Gasteiger partial charge in [-0.15, -0.1) is 0 Å². The third kappa shape index (κ3) is 3.53. The van der Waals surface area contributed by atoms with Gasteiger partial charge in [-0.25, -0.2) is 0 Å². The first-order valence-electron chi connectivity index (χ1n) is 5.49.